The zero-order valence-corrected chi connectivity index (χ0v) is 14.4. The van der Waals surface area contributed by atoms with E-state index in [1.165, 1.54) is 9.40 Å². The highest BCUT2D eigenvalue weighted by molar-refractivity contribution is 7.21. The Morgan fingerprint density at radius 1 is 1.38 bits per heavy atom. The normalized spacial score (nSPS) is 14.0. The second-order valence-electron chi connectivity index (χ2n) is 6.33. The highest BCUT2D eigenvalue weighted by Crippen LogP contribution is 2.40. The third-order valence-electron chi connectivity index (χ3n) is 3.62. The Morgan fingerprint density at radius 2 is 2.14 bits per heavy atom. The third-order valence-corrected chi connectivity index (χ3v) is 5.46. The molecule has 0 saturated heterocycles. The number of hydrogen-bond acceptors (Lipinski definition) is 5. The minimum absolute atomic E-state index is 0.00734. The molecule has 0 fully saturated rings. The van der Waals surface area contributed by atoms with E-state index in [0.717, 1.165) is 21.7 Å². The first-order chi connectivity index (χ1) is 9.90. The van der Waals surface area contributed by atoms with Crippen molar-refractivity contribution in [3.63, 3.8) is 0 Å². The van der Waals surface area contributed by atoms with Gasteiger partial charge in [0.15, 0.2) is 0 Å². The van der Waals surface area contributed by atoms with Gasteiger partial charge in [-0.2, -0.15) is 0 Å². The third kappa shape index (κ3) is 2.65. The molecule has 0 radical (unpaired) electrons. The van der Waals surface area contributed by atoms with Gasteiger partial charge in [0.2, 0.25) is 0 Å². The van der Waals surface area contributed by atoms with E-state index in [-0.39, 0.29) is 11.5 Å². The van der Waals surface area contributed by atoms with Crippen molar-refractivity contribution in [1.29, 1.82) is 0 Å². The Morgan fingerprint density at radius 3 is 2.81 bits per heavy atom. The fourth-order valence-corrected chi connectivity index (χ4v) is 4.25. The maximum atomic E-state index is 6.28. The van der Waals surface area contributed by atoms with Crippen LogP contribution in [0.25, 0.3) is 20.3 Å². The van der Waals surface area contributed by atoms with Crippen LogP contribution in [0.3, 0.4) is 0 Å². The number of aromatic nitrogens is 1. The Labute approximate surface area is 132 Å². The highest BCUT2D eigenvalue weighted by atomic mass is 32.1. The number of nitrogens with two attached hydrogens (primary N) is 1. The van der Waals surface area contributed by atoms with Gasteiger partial charge in [-0.1, -0.05) is 20.8 Å². The van der Waals surface area contributed by atoms with E-state index in [9.17, 15) is 0 Å². The largest absolute Gasteiger partial charge is 0.488 e. The molecule has 2 aromatic heterocycles. The van der Waals surface area contributed by atoms with Crippen LogP contribution in [0.4, 0.5) is 0 Å². The van der Waals surface area contributed by atoms with Crippen molar-refractivity contribution in [2.24, 2.45) is 11.1 Å². The molecule has 1 atom stereocenters. The molecular weight excluding hydrogens is 300 g/mol. The molecule has 112 valence electrons. The number of rotatable bonds is 3. The number of fused-ring (bicyclic) bond motifs is 3. The summed E-state index contributed by atoms with van der Waals surface area (Å²) in [4.78, 5) is 4.65. The lowest BCUT2D eigenvalue weighted by atomic mass is 9.89. The molecule has 2 heterocycles. The Balaban J connectivity index is 2.14. The predicted octanol–water partition coefficient (Wildman–Crippen LogP) is 4.57. The number of thiophene rings is 1. The summed E-state index contributed by atoms with van der Waals surface area (Å²) < 4.78 is 8.67. The maximum Gasteiger partial charge on any atom is 0.130 e. The van der Waals surface area contributed by atoms with Crippen LogP contribution in [-0.2, 0) is 0 Å². The Kier molecular flexibility index (Phi) is 3.67. The van der Waals surface area contributed by atoms with E-state index >= 15 is 0 Å². The van der Waals surface area contributed by atoms with Crippen LogP contribution in [-0.4, -0.2) is 17.6 Å². The summed E-state index contributed by atoms with van der Waals surface area (Å²) in [7, 11) is 0. The molecule has 0 bridgehead atoms. The number of nitrogens with zero attached hydrogens (tertiary/aromatic N) is 1. The lowest BCUT2D eigenvalue weighted by Gasteiger charge is -2.30. The second-order valence-corrected chi connectivity index (χ2v) is 8.48. The molecule has 0 spiro atoms. The number of thiazole rings is 1. The predicted molar refractivity (Wildman–Crippen MR) is 92.7 cm³/mol. The molecule has 21 heavy (non-hydrogen) atoms. The van der Waals surface area contributed by atoms with Crippen LogP contribution in [0, 0.1) is 12.3 Å². The fraction of sp³-hybridized carbons (Fsp3) is 0.438. The van der Waals surface area contributed by atoms with E-state index in [1.54, 1.807) is 22.7 Å². The summed E-state index contributed by atoms with van der Waals surface area (Å²) in [5.41, 5.74) is 7.01. The smallest absolute Gasteiger partial charge is 0.130 e. The summed E-state index contributed by atoms with van der Waals surface area (Å²) >= 11 is 3.43. The van der Waals surface area contributed by atoms with E-state index in [0.29, 0.717) is 6.54 Å². The molecule has 1 aromatic carbocycles. The van der Waals surface area contributed by atoms with Crippen molar-refractivity contribution in [2.45, 2.75) is 33.8 Å². The number of hydrogen-bond donors (Lipinski definition) is 1. The summed E-state index contributed by atoms with van der Waals surface area (Å²) in [6.45, 7) is 9.03. The fourth-order valence-electron chi connectivity index (χ4n) is 2.42. The van der Waals surface area contributed by atoms with Crippen molar-refractivity contribution in [3.05, 3.63) is 22.5 Å². The van der Waals surface area contributed by atoms with Crippen molar-refractivity contribution in [1.82, 2.24) is 4.98 Å². The zero-order chi connectivity index (χ0) is 15.2. The molecule has 0 amide bonds. The van der Waals surface area contributed by atoms with Crippen molar-refractivity contribution < 1.29 is 4.74 Å². The minimum atomic E-state index is -0.00734. The SMILES string of the molecule is Cc1nc2c(cc(OC(CN)C(C)(C)C)c3ccsc32)s1. The van der Waals surface area contributed by atoms with E-state index in [2.05, 4.69) is 43.3 Å². The van der Waals surface area contributed by atoms with Crippen LogP contribution in [0.5, 0.6) is 5.75 Å². The molecule has 2 N–H and O–H groups in total. The van der Waals surface area contributed by atoms with Crippen LogP contribution in [0.1, 0.15) is 25.8 Å². The molecular formula is C16H20N2OS2. The lowest BCUT2D eigenvalue weighted by Crippen LogP contribution is -2.38. The van der Waals surface area contributed by atoms with Crippen LogP contribution >= 0.6 is 22.7 Å². The van der Waals surface area contributed by atoms with Crippen molar-refractivity contribution in [2.75, 3.05) is 6.54 Å². The standard InChI is InChI=1S/C16H20N2OS2/c1-9-18-14-12(21-9)7-11(10-5-6-20-15(10)14)19-13(8-17)16(2,3)4/h5-7,13H,8,17H2,1-4H3. The van der Waals surface area contributed by atoms with Gasteiger partial charge in [0, 0.05) is 23.4 Å². The van der Waals surface area contributed by atoms with Gasteiger partial charge in [-0.05, 0) is 18.4 Å². The maximum absolute atomic E-state index is 6.28. The van der Waals surface area contributed by atoms with Crippen molar-refractivity contribution in [3.8, 4) is 5.75 Å². The number of benzene rings is 1. The van der Waals surface area contributed by atoms with Crippen LogP contribution < -0.4 is 10.5 Å². The quantitative estimate of drug-likeness (QED) is 0.769. The number of aryl methyl sites for hydroxylation is 1. The topological polar surface area (TPSA) is 48.1 Å². The molecule has 1 unspecified atom stereocenters. The molecule has 0 saturated carbocycles. The van der Waals surface area contributed by atoms with Gasteiger partial charge in [-0.25, -0.2) is 4.98 Å². The van der Waals surface area contributed by atoms with Gasteiger partial charge in [0.05, 0.1) is 19.9 Å². The first kappa shape index (κ1) is 14.8. The van der Waals surface area contributed by atoms with E-state index < -0.39 is 0 Å². The van der Waals surface area contributed by atoms with Gasteiger partial charge in [-0.15, -0.1) is 22.7 Å². The molecule has 0 aliphatic heterocycles. The van der Waals surface area contributed by atoms with Crippen LogP contribution in [0.2, 0.25) is 0 Å². The summed E-state index contributed by atoms with van der Waals surface area (Å²) in [6, 6.07) is 4.23. The molecule has 0 aliphatic carbocycles. The average Bonchev–Trinajstić information content (AvgIpc) is 2.98. The second kappa shape index (κ2) is 5.23. The van der Waals surface area contributed by atoms with E-state index in [4.69, 9.17) is 10.5 Å². The Hall–Kier alpha value is -1.17. The number of ether oxygens (including phenoxy) is 1. The summed E-state index contributed by atoms with van der Waals surface area (Å²) in [5.74, 6) is 0.924. The van der Waals surface area contributed by atoms with Gasteiger partial charge >= 0.3 is 0 Å². The molecule has 3 rings (SSSR count). The van der Waals surface area contributed by atoms with Crippen molar-refractivity contribution >= 4 is 43.0 Å². The van der Waals surface area contributed by atoms with Gasteiger partial charge in [-0.3, -0.25) is 0 Å². The molecule has 0 aliphatic rings. The van der Waals surface area contributed by atoms with Gasteiger partial charge < -0.3 is 10.5 Å². The average molecular weight is 320 g/mol. The molecule has 5 heteroatoms. The zero-order valence-electron chi connectivity index (χ0n) is 12.8. The summed E-state index contributed by atoms with van der Waals surface area (Å²) in [5, 5.41) is 4.32. The van der Waals surface area contributed by atoms with Crippen LogP contribution in [0.15, 0.2) is 17.5 Å². The minimum Gasteiger partial charge on any atom is -0.488 e. The molecule has 3 nitrogen and oxygen atoms in total. The monoisotopic (exact) mass is 320 g/mol. The Bertz CT molecular complexity index is 783. The summed E-state index contributed by atoms with van der Waals surface area (Å²) in [6.07, 6.45) is -0.00734. The van der Waals surface area contributed by atoms with Gasteiger partial charge in [0.1, 0.15) is 11.9 Å². The highest BCUT2D eigenvalue weighted by Gasteiger charge is 2.26. The molecule has 3 aromatic rings. The van der Waals surface area contributed by atoms with E-state index in [1.807, 2.05) is 6.92 Å². The lowest BCUT2D eigenvalue weighted by molar-refractivity contribution is 0.0959. The first-order valence-corrected chi connectivity index (χ1v) is 8.74. The first-order valence-electron chi connectivity index (χ1n) is 7.04. The van der Waals surface area contributed by atoms with Gasteiger partial charge in [0.25, 0.3) is 0 Å².